The molecule has 0 radical (unpaired) electrons. The van der Waals surface area contributed by atoms with Gasteiger partial charge in [0, 0.05) is 25.0 Å². The van der Waals surface area contributed by atoms with Crippen molar-refractivity contribution in [1.29, 1.82) is 0 Å². The molecule has 0 aromatic heterocycles. The van der Waals surface area contributed by atoms with Crippen LogP contribution in [0.4, 0.5) is 13.2 Å². The SMILES string of the molecule is CC[C@H](C)NC(=O)CCN[C@H](C)c1cc(F)c(F)c(F)c1. The third-order valence-corrected chi connectivity index (χ3v) is 3.33. The molecule has 21 heavy (non-hydrogen) atoms. The fourth-order valence-electron chi connectivity index (χ4n) is 1.79. The van der Waals surface area contributed by atoms with Crippen LogP contribution >= 0.6 is 0 Å². The lowest BCUT2D eigenvalue weighted by Gasteiger charge is -2.16. The van der Waals surface area contributed by atoms with Crippen molar-refractivity contribution in [2.75, 3.05) is 6.54 Å². The Morgan fingerprint density at radius 3 is 2.29 bits per heavy atom. The summed E-state index contributed by atoms with van der Waals surface area (Å²) in [5, 5.41) is 5.80. The van der Waals surface area contributed by atoms with Gasteiger partial charge in [-0.25, -0.2) is 13.2 Å². The van der Waals surface area contributed by atoms with E-state index in [1.807, 2.05) is 13.8 Å². The normalized spacial score (nSPS) is 13.8. The van der Waals surface area contributed by atoms with Crippen molar-refractivity contribution in [3.05, 3.63) is 35.1 Å². The monoisotopic (exact) mass is 302 g/mol. The highest BCUT2D eigenvalue weighted by Crippen LogP contribution is 2.18. The van der Waals surface area contributed by atoms with Crippen LogP contribution in [0, 0.1) is 17.5 Å². The fraction of sp³-hybridized carbons (Fsp3) is 0.533. The van der Waals surface area contributed by atoms with E-state index in [1.165, 1.54) is 0 Å². The molecular weight excluding hydrogens is 281 g/mol. The molecule has 0 aliphatic heterocycles. The van der Waals surface area contributed by atoms with Crippen LogP contribution in [0.1, 0.15) is 45.2 Å². The van der Waals surface area contributed by atoms with Crippen molar-refractivity contribution in [2.24, 2.45) is 0 Å². The first-order chi connectivity index (χ1) is 9.85. The largest absolute Gasteiger partial charge is 0.354 e. The summed E-state index contributed by atoms with van der Waals surface area (Å²) in [7, 11) is 0. The van der Waals surface area contributed by atoms with Gasteiger partial charge in [-0.2, -0.15) is 0 Å². The molecule has 1 rings (SSSR count). The topological polar surface area (TPSA) is 41.1 Å². The molecule has 0 spiro atoms. The van der Waals surface area contributed by atoms with Crippen LogP contribution in [-0.4, -0.2) is 18.5 Å². The minimum Gasteiger partial charge on any atom is -0.354 e. The van der Waals surface area contributed by atoms with Gasteiger partial charge in [0.1, 0.15) is 0 Å². The van der Waals surface area contributed by atoms with E-state index in [4.69, 9.17) is 0 Å². The Morgan fingerprint density at radius 2 is 1.76 bits per heavy atom. The number of carbonyl (C=O) groups is 1. The second kappa shape index (κ2) is 8.02. The number of nitrogens with one attached hydrogen (secondary N) is 2. The van der Waals surface area contributed by atoms with Gasteiger partial charge in [0.25, 0.3) is 0 Å². The molecular formula is C15H21F3N2O. The molecule has 0 fully saturated rings. The van der Waals surface area contributed by atoms with Crippen LogP contribution < -0.4 is 10.6 Å². The third-order valence-electron chi connectivity index (χ3n) is 3.33. The van der Waals surface area contributed by atoms with E-state index >= 15 is 0 Å². The number of benzene rings is 1. The van der Waals surface area contributed by atoms with Crippen LogP contribution in [0.15, 0.2) is 12.1 Å². The molecule has 1 amide bonds. The van der Waals surface area contributed by atoms with E-state index in [0.29, 0.717) is 12.1 Å². The molecule has 0 bridgehead atoms. The Hall–Kier alpha value is -1.56. The Balaban J connectivity index is 2.47. The molecule has 0 saturated carbocycles. The molecule has 2 N–H and O–H groups in total. The smallest absolute Gasteiger partial charge is 0.221 e. The van der Waals surface area contributed by atoms with Gasteiger partial charge in [-0.1, -0.05) is 6.92 Å². The van der Waals surface area contributed by atoms with Crippen molar-refractivity contribution in [1.82, 2.24) is 10.6 Å². The van der Waals surface area contributed by atoms with Gasteiger partial charge in [-0.15, -0.1) is 0 Å². The summed E-state index contributed by atoms with van der Waals surface area (Å²) in [6.45, 7) is 5.95. The minimum absolute atomic E-state index is 0.0829. The first-order valence-electron chi connectivity index (χ1n) is 7.02. The molecule has 1 aromatic rings. The third kappa shape index (κ3) is 5.38. The summed E-state index contributed by atoms with van der Waals surface area (Å²) in [6, 6.07) is 1.64. The quantitative estimate of drug-likeness (QED) is 0.760. The molecule has 3 nitrogen and oxygen atoms in total. The Labute approximate surface area is 122 Å². The van der Waals surface area contributed by atoms with Crippen molar-refractivity contribution in [3.63, 3.8) is 0 Å². The van der Waals surface area contributed by atoms with Crippen LogP contribution in [0.2, 0.25) is 0 Å². The number of amides is 1. The summed E-state index contributed by atoms with van der Waals surface area (Å²) in [5.41, 5.74) is 0.300. The average Bonchev–Trinajstić information content (AvgIpc) is 2.43. The molecule has 1 aromatic carbocycles. The Bertz CT molecular complexity index is 471. The summed E-state index contributed by atoms with van der Waals surface area (Å²) in [6.07, 6.45) is 1.12. The average molecular weight is 302 g/mol. The van der Waals surface area contributed by atoms with Gasteiger partial charge in [-0.3, -0.25) is 4.79 Å². The second-order valence-corrected chi connectivity index (χ2v) is 5.10. The maximum absolute atomic E-state index is 13.1. The van der Waals surface area contributed by atoms with Gasteiger partial charge >= 0.3 is 0 Å². The number of carbonyl (C=O) groups excluding carboxylic acids is 1. The molecule has 0 aliphatic rings. The zero-order valence-electron chi connectivity index (χ0n) is 12.5. The molecule has 0 unspecified atom stereocenters. The van der Waals surface area contributed by atoms with Crippen LogP contribution in [-0.2, 0) is 4.79 Å². The number of halogens is 3. The first-order valence-corrected chi connectivity index (χ1v) is 7.02. The molecule has 0 heterocycles. The fourth-order valence-corrected chi connectivity index (χ4v) is 1.79. The van der Waals surface area contributed by atoms with Crippen molar-refractivity contribution in [2.45, 2.75) is 45.7 Å². The summed E-state index contributed by atoms with van der Waals surface area (Å²) >= 11 is 0. The maximum atomic E-state index is 13.1. The van der Waals surface area contributed by atoms with Crippen LogP contribution in [0.25, 0.3) is 0 Å². The number of hydrogen-bond acceptors (Lipinski definition) is 2. The predicted molar refractivity (Wildman–Crippen MR) is 75.2 cm³/mol. The van der Waals surface area contributed by atoms with Crippen LogP contribution in [0.5, 0.6) is 0 Å². The van der Waals surface area contributed by atoms with Gasteiger partial charge in [0.2, 0.25) is 5.91 Å². The lowest BCUT2D eigenvalue weighted by atomic mass is 10.1. The Morgan fingerprint density at radius 1 is 1.19 bits per heavy atom. The minimum atomic E-state index is -1.47. The highest BCUT2D eigenvalue weighted by atomic mass is 19.2. The van der Waals surface area contributed by atoms with Gasteiger partial charge in [0.15, 0.2) is 17.5 Å². The molecule has 0 saturated heterocycles. The van der Waals surface area contributed by atoms with Gasteiger partial charge in [0.05, 0.1) is 0 Å². The first kappa shape index (κ1) is 17.5. The van der Waals surface area contributed by atoms with Crippen molar-refractivity contribution >= 4 is 5.91 Å². The van der Waals surface area contributed by atoms with Gasteiger partial charge < -0.3 is 10.6 Å². The van der Waals surface area contributed by atoms with Crippen molar-refractivity contribution < 1.29 is 18.0 Å². The summed E-state index contributed by atoms with van der Waals surface area (Å²) in [4.78, 5) is 11.6. The lowest BCUT2D eigenvalue weighted by Crippen LogP contribution is -2.34. The van der Waals surface area contributed by atoms with E-state index in [0.717, 1.165) is 18.6 Å². The molecule has 2 atom stereocenters. The maximum Gasteiger partial charge on any atom is 0.221 e. The molecule has 0 aliphatic carbocycles. The number of rotatable bonds is 7. The lowest BCUT2D eigenvalue weighted by molar-refractivity contribution is -0.121. The summed E-state index contributed by atoms with van der Waals surface area (Å²) < 4.78 is 39.1. The number of hydrogen-bond donors (Lipinski definition) is 2. The summed E-state index contributed by atoms with van der Waals surface area (Å²) in [5.74, 6) is -3.99. The zero-order valence-corrected chi connectivity index (χ0v) is 12.5. The van der Waals surface area contributed by atoms with E-state index in [2.05, 4.69) is 10.6 Å². The van der Waals surface area contributed by atoms with Gasteiger partial charge in [-0.05, 0) is 38.0 Å². The zero-order chi connectivity index (χ0) is 16.0. The standard InChI is InChI=1S/C15H21F3N2O/c1-4-9(2)20-14(21)5-6-19-10(3)11-7-12(16)15(18)13(17)8-11/h7-10,19H,4-6H2,1-3H3,(H,20,21)/t9-,10+/m0/s1. The highest BCUT2D eigenvalue weighted by molar-refractivity contribution is 5.76. The molecule has 118 valence electrons. The highest BCUT2D eigenvalue weighted by Gasteiger charge is 2.14. The predicted octanol–water partition coefficient (Wildman–Crippen LogP) is 3.06. The van der Waals surface area contributed by atoms with E-state index in [9.17, 15) is 18.0 Å². The van der Waals surface area contributed by atoms with E-state index in [1.54, 1.807) is 6.92 Å². The van der Waals surface area contributed by atoms with Crippen LogP contribution in [0.3, 0.4) is 0 Å². The second-order valence-electron chi connectivity index (χ2n) is 5.10. The van der Waals surface area contributed by atoms with E-state index in [-0.39, 0.29) is 24.4 Å². The molecule has 6 heteroatoms. The Kier molecular flexibility index (Phi) is 6.68. The van der Waals surface area contributed by atoms with Crippen molar-refractivity contribution in [3.8, 4) is 0 Å². The van der Waals surface area contributed by atoms with E-state index < -0.39 is 17.5 Å².